The lowest BCUT2D eigenvalue weighted by Gasteiger charge is -2.14. The molecule has 0 amide bonds. The molecule has 0 aliphatic carbocycles. The van der Waals surface area contributed by atoms with Gasteiger partial charge in [0.2, 0.25) is 5.88 Å². The molecule has 5 aromatic rings. The van der Waals surface area contributed by atoms with Gasteiger partial charge in [0.25, 0.3) is 5.56 Å². The van der Waals surface area contributed by atoms with Crippen molar-refractivity contribution in [3.63, 3.8) is 0 Å². The lowest BCUT2D eigenvalue weighted by Crippen LogP contribution is -2.22. The quantitative estimate of drug-likeness (QED) is 0.335. The number of rotatable bonds is 6. The van der Waals surface area contributed by atoms with Gasteiger partial charge < -0.3 is 9.84 Å². The van der Waals surface area contributed by atoms with Gasteiger partial charge in [-0.3, -0.25) is 9.36 Å². The number of aromatic nitrogens is 3. The molecule has 0 unspecified atom stereocenters. The molecule has 0 radical (unpaired) electrons. The van der Waals surface area contributed by atoms with Crippen molar-refractivity contribution < 1.29 is 9.84 Å². The van der Waals surface area contributed by atoms with E-state index < -0.39 is 0 Å². The van der Waals surface area contributed by atoms with E-state index in [1.807, 2.05) is 86.6 Å². The van der Waals surface area contributed by atoms with Crippen LogP contribution >= 0.6 is 0 Å². The van der Waals surface area contributed by atoms with Crippen molar-refractivity contribution in [3.05, 3.63) is 112 Å². The fourth-order valence-corrected chi connectivity index (χ4v) is 4.26. The molecule has 7 heteroatoms. The van der Waals surface area contributed by atoms with Crippen molar-refractivity contribution in [3.8, 4) is 17.3 Å². The van der Waals surface area contributed by atoms with E-state index in [-0.39, 0.29) is 18.0 Å². The average molecular weight is 479 g/mol. The number of aliphatic imine (C=N–C) groups is 1. The first-order chi connectivity index (χ1) is 17.4. The average Bonchev–Trinajstić information content (AvgIpc) is 3.27. The van der Waals surface area contributed by atoms with E-state index in [9.17, 15) is 9.90 Å². The van der Waals surface area contributed by atoms with Gasteiger partial charge in [0, 0.05) is 23.1 Å². The Morgan fingerprint density at radius 1 is 0.972 bits per heavy atom. The van der Waals surface area contributed by atoms with Crippen LogP contribution in [0.2, 0.25) is 0 Å². The van der Waals surface area contributed by atoms with Crippen molar-refractivity contribution in [1.82, 2.24) is 14.3 Å². The van der Waals surface area contributed by atoms with Crippen LogP contribution in [0, 0.1) is 13.8 Å². The minimum Gasteiger partial charge on any atom is -0.497 e. The van der Waals surface area contributed by atoms with E-state index in [1.165, 1.54) is 4.57 Å². The van der Waals surface area contributed by atoms with Gasteiger partial charge in [0.1, 0.15) is 5.75 Å². The Labute approximate surface area is 208 Å². The first kappa shape index (κ1) is 23.1. The molecule has 0 saturated carbocycles. The predicted molar refractivity (Wildman–Crippen MR) is 142 cm³/mol. The summed E-state index contributed by atoms with van der Waals surface area (Å²) in [5.41, 5.74) is 3.89. The normalized spacial score (nSPS) is 11.4. The highest BCUT2D eigenvalue weighted by molar-refractivity contribution is 6.02. The Hall–Kier alpha value is -4.65. The Morgan fingerprint density at radius 2 is 1.72 bits per heavy atom. The molecule has 0 atom stereocenters. The molecule has 0 fully saturated rings. The molecule has 2 aromatic heterocycles. The molecule has 180 valence electrons. The molecule has 5 rings (SSSR count). The summed E-state index contributed by atoms with van der Waals surface area (Å²) >= 11 is 0. The molecule has 36 heavy (non-hydrogen) atoms. The highest BCUT2D eigenvalue weighted by Gasteiger charge is 2.16. The van der Waals surface area contributed by atoms with Gasteiger partial charge in [-0.15, -0.1) is 0 Å². The lowest BCUT2D eigenvalue weighted by atomic mass is 10.1. The van der Waals surface area contributed by atoms with Gasteiger partial charge >= 0.3 is 0 Å². The van der Waals surface area contributed by atoms with Crippen LogP contribution in [0.5, 0.6) is 11.6 Å². The number of hydrogen-bond donors (Lipinski definition) is 1. The fourth-order valence-electron chi connectivity index (χ4n) is 4.26. The van der Waals surface area contributed by atoms with E-state index in [4.69, 9.17) is 9.73 Å². The first-order valence-corrected chi connectivity index (χ1v) is 11.6. The Bertz CT molecular complexity index is 1650. The van der Waals surface area contributed by atoms with Gasteiger partial charge in [0.05, 0.1) is 30.6 Å². The van der Waals surface area contributed by atoms with E-state index in [0.717, 1.165) is 28.3 Å². The molecular formula is C29H26N4O3. The maximum absolute atomic E-state index is 13.3. The standard InChI is InChI=1S/C29H26N4O3/c1-19-7-6-8-22(15-19)33-27(16-20(2)31-33)30-17-26-24-9-4-5-10-25(24)28(34)32(29(26)35)18-21-11-13-23(36-3)14-12-21/h4-17,35H,18H2,1-3H3. The summed E-state index contributed by atoms with van der Waals surface area (Å²) in [6, 6.07) is 24.5. The SMILES string of the molecule is COc1ccc(Cn2c(O)c(C=Nc3cc(C)nn3-c3cccc(C)c3)c3ccccc3c2=O)cc1. The summed E-state index contributed by atoms with van der Waals surface area (Å²) in [7, 11) is 1.60. The molecule has 0 bridgehead atoms. The van der Waals surface area contributed by atoms with E-state index in [1.54, 1.807) is 24.1 Å². The van der Waals surface area contributed by atoms with Crippen molar-refractivity contribution in [2.24, 2.45) is 4.99 Å². The van der Waals surface area contributed by atoms with E-state index in [0.29, 0.717) is 22.2 Å². The monoisotopic (exact) mass is 478 g/mol. The maximum atomic E-state index is 13.3. The number of pyridine rings is 1. The molecule has 0 aliphatic heterocycles. The van der Waals surface area contributed by atoms with Crippen molar-refractivity contribution in [2.75, 3.05) is 7.11 Å². The molecular weight excluding hydrogens is 452 g/mol. The minimum atomic E-state index is -0.267. The number of hydrogen-bond acceptors (Lipinski definition) is 5. The van der Waals surface area contributed by atoms with Crippen LogP contribution in [-0.4, -0.2) is 32.8 Å². The second-order valence-electron chi connectivity index (χ2n) is 8.68. The van der Waals surface area contributed by atoms with Crippen molar-refractivity contribution in [1.29, 1.82) is 0 Å². The lowest BCUT2D eigenvalue weighted by molar-refractivity contribution is 0.412. The summed E-state index contributed by atoms with van der Waals surface area (Å²) in [4.78, 5) is 18.0. The maximum Gasteiger partial charge on any atom is 0.261 e. The fraction of sp³-hybridized carbons (Fsp3) is 0.138. The van der Waals surface area contributed by atoms with E-state index in [2.05, 4.69) is 5.10 Å². The number of benzene rings is 3. The van der Waals surface area contributed by atoms with Crippen LogP contribution in [0.1, 0.15) is 22.4 Å². The smallest absolute Gasteiger partial charge is 0.261 e. The predicted octanol–water partition coefficient (Wildman–Crippen LogP) is 5.32. The van der Waals surface area contributed by atoms with Crippen LogP contribution < -0.4 is 10.3 Å². The Balaban J connectivity index is 1.62. The third kappa shape index (κ3) is 4.38. The van der Waals surface area contributed by atoms with Gasteiger partial charge in [-0.2, -0.15) is 5.10 Å². The number of fused-ring (bicyclic) bond motifs is 1. The van der Waals surface area contributed by atoms with Crippen LogP contribution in [-0.2, 0) is 6.54 Å². The minimum absolute atomic E-state index is 0.142. The molecule has 0 saturated heterocycles. The summed E-state index contributed by atoms with van der Waals surface area (Å²) in [5, 5.41) is 17.0. The summed E-state index contributed by atoms with van der Waals surface area (Å²) in [5.74, 6) is 1.20. The van der Waals surface area contributed by atoms with Gasteiger partial charge in [-0.25, -0.2) is 9.67 Å². The number of nitrogens with zero attached hydrogens (tertiary/aromatic N) is 4. The second kappa shape index (κ2) is 9.54. The van der Waals surface area contributed by atoms with Crippen molar-refractivity contribution >= 4 is 22.8 Å². The number of aromatic hydroxyl groups is 1. The molecule has 2 heterocycles. The van der Waals surface area contributed by atoms with Crippen LogP contribution in [0.3, 0.4) is 0 Å². The Morgan fingerprint density at radius 3 is 2.44 bits per heavy atom. The number of methoxy groups -OCH3 is 1. The Kier molecular flexibility index (Phi) is 6.12. The molecule has 1 N–H and O–H groups in total. The van der Waals surface area contributed by atoms with E-state index >= 15 is 0 Å². The summed E-state index contributed by atoms with van der Waals surface area (Å²) in [6.07, 6.45) is 1.60. The zero-order valence-corrected chi connectivity index (χ0v) is 20.3. The zero-order chi connectivity index (χ0) is 25.2. The zero-order valence-electron chi connectivity index (χ0n) is 20.3. The second-order valence-corrected chi connectivity index (χ2v) is 8.68. The number of aryl methyl sites for hydroxylation is 2. The third-order valence-corrected chi connectivity index (χ3v) is 6.07. The van der Waals surface area contributed by atoms with Gasteiger partial charge in [-0.05, 0) is 55.3 Å². The first-order valence-electron chi connectivity index (χ1n) is 11.6. The highest BCUT2D eigenvalue weighted by atomic mass is 16.5. The van der Waals surface area contributed by atoms with Crippen LogP contribution in [0.4, 0.5) is 5.82 Å². The molecule has 3 aromatic carbocycles. The van der Waals surface area contributed by atoms with Gasteiger partial charge in [0.15, 0.2) is 5.82 Å². The number of ether oxygens (including phenoxy) is 1. The van der Waals surface area contributed by atoms with Gasteiger partial charge in [-0.1, -0.05) is 42.5 Å². The van der Waals surface area contributed by atoms with Crippen LogP contribution in [0.25, 0.3) is 16.5 Å². The summed E-state index contributed by atoms with van der Waals surface area (Å²) in [6.45, 7) is 4.15. The molecule has 7 nitrogen and oxygen atoms in total. The van der Waals surface area contributed by atoms with Crippen LogP contribution in [0.15, 0.2) is 88.6 Å². The topological polar surface area (TPSA) is 81.6 Å². The molecule has 0 spiro atoms. The summed E-state index contributed by atoms with van der Waals surface area (Å²) < 4.78 is 8.36. The molecule has 0 aliphatic rings. The third-order valence-electron chi connectivity index (χ3n) is 6.07. The highest BCUT2D eigenvalue weighted by Crippen LogP contribution is 2.26. The largest absolute Gasteiger partial charge is 0.497 e. The van der Waals surface area contributed by atoms with Crippen molar-refractivity contribution in [2.45, 2.75) is 20.4 Å².